The highest BCUT2D eigenvalue weighted by molar-refractivity contribution is 5.96. The van der Waals surface area contributed by atoms with Crippen LogP contribution in [0.4, 0.5) is 4.79 Å². The van der Waals surface area contributed by atoms with Gasteiger partial charge in [0.2, 0.25) is 11.8 Å². The number of hydrogen-bond acceptors (Lipinski definition) is 5. The number of aliphatic hydroxyl groups excluding tert-OH is 1. The normalized spacial score (nSPS) is 31.5. The van der Waals surface area contributed by atoms with Crippen molar-refractivity contribution in [2.75, 3.05) is 6.54 Å². The van der Waals surface area contributed by atoms with Crippen LogP contribution in [-0.2, 0) is 14.3 Å². The molecule has 0 spiro atoms. The summed E-state index contributed by atoms with van der Waals surface area (Å²) < 4.78 is 5.26. The first kappa shape index (κ1) is 18.5. The van der Waals surface area contributed by atoms with Crippen LogP contribution < -0.4 is 11.1 Å². The molecule has 0 radical (unpaired) electrons. The molecule has 4 N–H and O–H groups in total. The van der Waals surface area contributed by atoms with Crippen LogP contribution in [0.1, 0.15) is 47.5 Å². The number of carbonyl (C=O) groups excluding carboxylic acids is 3. The van der Waals surface area contributed by atoms with Crippen LogP contribution >= 0.6 is 0 Å². The lowest BCUT2D eigenvalue weighted by atomic mass is 9.53. The fraction of sp³-hybridized carbons (Fsp3) is 0.812. The number of amides is 3. The van der Waals surface area contributed by atoms with Gasteiger partial charge in [-0.3, -0.25) is 9.59 Å². The summed E-state index contributed by atoms with van der Waals surface area (Å²) in [5.74, 6) is -0.974. The van der Waals surface area contributed by atoms with Crippen molar-refractivity contribution < 1.29 is 24.2 Å². The minimum absolute atomic E-state index is 0.0695. The van der Waals surface area contributed by atoms with Gasteiger partial charge < -0.3 is 25.8 Å². The van der Waals surface area contributed by atoms with Gasteiger partial charge in [-0.15, -0.1) is 0 Å². The fourth-order valence-electron chi connectivity index (χ4n) is 3.24. The fourth-order valence-corrected chi connectivity index (χ4v) is 3.24. The lowest BCUT2D eigenvalue weighted by molar-refractivity contribution is -0.182. The summed E-state index contributed by atoms with van der Waals surface area (Å²) in [5.41, 5.74) is 2.39. The molecule has 2 aliphatic rings. The zero-order chi connectivity index (χ0) is 18.5. The first-order valence-electron chi connectivity index (χ1n) is 8.11. The Bertz CT molecular complexity index is 569. The molecule has 1 saturated heterocycles. The van der Waals surface area contributed by atoms with Gasteiger partial charge in [-0.05, 0) is 27.2 Å². The van der Waals surface area contributed by atoms with Crippen LogP contribution in [-0.4, -0.2) is 57.7 Å². The van der Waals surface area contributed by atoms with Crippen molar-refractivity contribution >= 4 is 17.9 Å². The summed E-state index contributed by atoms with van der Waals surface area (Å²) in [4.78, 5) is 38.1. The molecule has 1 heterocycles. The van der Waals surface area contributed by atoms with Gasteiger partial charge in [-0.1, -0.05) is 13.8 Å². The summed E-state index contributed by atoms with van der Waals surface area (Å²) >= 11 is 0. The second-order valence-electron chi connectivity index (χ2n) is 8.18. The van der Waals surface area contributed by atoms with Crippen molar-refractivity contribution in [2.24, 2.45) is 11.1 Å². The number of hydrogen-bond donors (Lipinski definition) is 3. The minimum Gasteiger partial charge on any atom is -0.444 e. The molecule has 2 fully saturated rings. The van der Waals surface area contributed by atoms with Gasteiger partial charge in [0.15, 0.2) is 0 Å². The quantitative estimate of drug-likeness (QED) is 0.673. The second-order valence-corrected chi connectivity index (χ2v) is 8.18. The zero-order valence-electron chi connectivity index (χ0n) is 14.9. The van der Waals surface area contributed by atoms with Crippen LogP contribution in [0.25, 0.3) is 0 Å². The summed E-state index contributed by atoms with van der Waals surface area (Å²) in [5, 5.41) is 12.7. The number of ether oxygens (including phenoxy) is 1. The zero-order valence-corrected chi connectivity index (χ0v) is 14.9. The van der Waals surface area contributed by atoms with Crippen molar-refractivity contribution in [3.8, 4) is 0 Å². The van der Waals surface area contributed by atoms with Gasteiger partial charge >= 0.3 is 6.09 Å². The Hall–Kier alpha value is -1.83. The first-order valence-corrected chi connectivity index (χ1v) is 8.11. The van der Waals surface area contributed by atoms with E-state index < -0.39 is 46.6 Å². The van der Waals surface area contributed by atoms with Gasteiger partial charge in [0.1, 0.15) is 17.2 Å². The van der Waals surface area contributed by atoms with Gasteiger partial charge in [-0.25, -0.2) is 4.79 Å². The third-order valence-corrected chi connectivity index (χ3v) is 5.12. The Morgan fingerprint density at radius 2 is 1.88 bits per heavy atom. The summed E-state index contributed by atoms with van der Waals surface area (Å²) in [6.45, 7) is 8.97. The van der Waals surface area contributed by atoms with E-state index in [0.29, 0.717) is 13.0 Å². The molecule has 2 rings (SSSR count). The van der Waals surface area contributed by atoms with E-state index in [0.717, 1.165) is 0 Å². The Morgan fingerprint density at radius 1 is 1.29 bits per heavy atom. The van der Waals surface area contributed by atoms with Crippen molar-refractivity contribution in [1.82, 2.24) is 10.2 Å². The lowest BCUT2D eigenvalue weighted by Crippen LogP contribution is -2.80. The Morgan fingerprint density at radius 3 is 2.21 bits per heavy atom. The molecule has 136 valence electrons. The van der Waals surface area contributed by atoms with Crippen LogP contribution in [0.5, 0.6) is 0 Å². The maximum Gasteiger partial charge on any atom is 0.408 e. The molecule has 0 aromatic heterocycles. The van der Waals surface area contributed by atoms with E-state index in [1.165, 1.54) is 4.90 Å². The molecule has 3 amide bonds. The Balaban J connectivity index is 2.25. The predicted octanol–water partition coefficient (Wildman–Crippen LogP) is 0.127. The molecule has 0 aromatic rings. The van der Waals surface area contributed by atoms with E-state index in [4.69, 9.17) is 10.5 Å². The molecule has 1 aliphatic heterocycles. The van der Waals surface area contributed by atoms with Crippen LogP contribution in [0, 0.1) is 5.41 Å². The average Bonchev–Trinajstić information content (AvgIpc) is 2.33. The number of alkyl carbamates (subject to hydrolysis) is 1. The number of primary amides is 1. The highest BCUT2D eigenvalue weighted by atomic mass is 16.6. The van der Waals surface area contributed by atoms with Crippen molar-refractivity contribution in [3.63, 3.8) is 0 Å². The minimum atomic E-state index is -1.32. The largest absolute Gasteiger partial charge is 0.444 e. The molecule has 3 atom stereocenters. The molecule has 1 saturated carbocycles. The third kappa shape index (κ3) is 2.83. The van der Waals surface area contributed by atoms with E-state index in [1.54, 1.807) is 34.6 Å². The van der Waals surface area contributed by atoms with E-state index in [2.05, 4.69) is 5.32 Å². The van der Waals surface area contributed by atoms with E-state index in [1.807, 2.05) is 0 Å². The highest BCUT2D eigenvalue weighted by Gasteiger charge is 2.67. The molecule has 0 aromatic carbocycles. The topological polar surface area (TPSA) is 122 Å². The maximum absolute atomic E-state index is 13.0. The van der Waals surface area contributed by atoms with E-state index in [9.17, 15) is 19.5 Å². The van der Waals surface area contributed by atoms with Crippen molar-refractivity contribution in [3.05, 3.63) is 0 Å². The molecule has 8 nitrogen and oxygen atoms in total. The van der Waals surface area contributed by atoms with Crippen LogP contribution in [0.3, 0.4) is 0 Å². The number of rotatable bonds is 3. The lowest BCUT2D eigenvalue weighted by Gasteiger charge is -2.60. The summed E-state index contributed by atoms with van der Waals surface area (Å²) in [6.07, 6.45) is -0.899. The van der Waals surface area contributed by atoms with Gasteiger partial charge in [-0.2, -0.15) is 0 Å². The number of carbonyl (C=O) groups is 3. The predicted molar refractivity (Wildman–Crippen MR) is 85.8 cm³/mol. The summed E-state index contributed by atoms with van der Waals surface area (Å²) in [6, 6.07) is -0.664. The van der Waals surface area contributed by atoms with Crippen molar-refractivity contribution in [2.45, 2.75) is 70.7 Å². The summed E-state index contributed by atoms with van der Waals surface area (Å²) in [7, 11) is 0. The number of nitrogens with two attached hydrogens (primary N) is 1. The van der Waals surface area contributed by atoms with E-state index >= 15 is 0 Å². The molecule has 1 aliphatic carbocycles. The van der Waals surface area contributed by atoms with E-state index in [-0.39, 0.29) is 6.42 Å². The smallest absolute Gasteiger partial charge is 0.408 e. The Labute approximate surface area is 141 Å². The van der Waals surface area contributed by atoms with Gasteiger partial charge in [0.25, 0.3) is 0 Å². The standard InChI is InChI=1S/C16H27N3O5/c1-14(2,3)24-13(23)18-16(8-10(20)15(16,4)5)12(22)19-7-6-9(19)11(17)21/h9-10,20H,6-8H2,1-5H3,(H2,17,21)(H,18,23). The first-order chi connectivity index (χ1) is 10.8. The number of aliphatic hydroxyl groups is 1. The molecule has 24 heavy (non-hydrogen) atoms. The SMILES string of the molecule is CC(C)(C)OC(=O)NC1(C(=O)N2CCC2C(N)=O)CC(O)C1(C)C. The van der Waals surface area contributed by atoms with Crippen LogP contribution in [0.2, 0.25) is 0 Å². The number of nitrogens with zero attached hydrogens (tertiary/aromatic N) is 1. The second kappa shape index (κ2) is 5.61. The van der Waals surface area contributed by atoms with Crippen molar-refractivity contribution in [1.29, 1.82) is 0 Å². The van der Waals surface area contributed by atoms with Crippen LogP contribution in [0.15, 0.2) is 0 Å². The number of likely N-dealkylation sites (tertiary alicyclic amines) is 1. The molecule has 3 unspecified atom stereocenters. The third-order valence-electron chi connectivity index (χ3n) is 5.12. The molecular formula is C16H27N3O5. The maximum atomic E-state index is 13.0. The van der Waals surface area contributed by atoms with Gasteiger partial charge in [0.05, 0.1) is 6.10 Å². The average molecular weight is 341 g/mol. The molecule has 0 bridgehead atoms. The molecular weight excluding hydrogens is 314 g/mol. The monoisotopic (exact) mass is 341 g/mol. The van der Waals surface area contributed by atoms with Gasteiger partial charge in [0, 0.05) is 18.4 Å². The molecule has 8 heteroatoms. The number of nitrogens with one attached hydrogen (secondary N) is 1. The Kier molecular flexibility index (Phi) is 4.33. The highest BCUT2D eigenvalue weighted by Crippen LogP contribution is 2.51.